The number of cyclic esters (lactones) is 1. The molecular weight excluding hydrogens is 486 g/mol. The summed E-state index contributed by atoms with van der Waals surface area (Å²) in [5, 5.41) is 11.3. The van der Waals surface area contributed by atoms with E-state index in [0.717, 1.165) is 12.0 Å². The highest BCUT2D eigenvalue weighted by Gasteiger charge is 2.80. The molecule has 0 bridgehead atoms. The zero-order chi connectivity index (χ0) is 26.6. The van der Waals surface area contributed by atoms with E-state index in [1.165, 1.54) is 4.90 Å². The van der Waals surface area contributed by atoms with Crippen LogP contribution in [0.2, 0.25) is 18.1 Å². The van der Waals surface area contributed by atoms with E-state index < -0.39 is 48.4 Å². The van der Waals surface area contributed by atoms with Crippen LogP contribution in [0, 0.1) is 5.92 Å². The number of ether oxygens (including phenoxy) is 1. The molecule has 196 valence electrons. The second-order valence-corrected chi connectivity index (χ2v) is 17.8. The van der Waals surface area contributed by atoms with Gasteiger partial charge in [-0.15, -0.1) is 4.33 Å². The summed E-state index contributed by atoms with van der Waals surface area (Å²) in [5.41, 5.74) is -3.01. The first-order valence-corrected chi connectivity index (χ1v) is 15.6. The van der Waals surface area contributed by atoms with Gasteiger partial charge in [0.05, 0.1) is 18.1 Å². The predicted octanol–water partition coefficient (Wildman–Crippen LogP) is 4.69. The molecule has 1 amide bonds. The van der Waals surface area contributed by atoms with E-state index in [4.69, 9.17) is 18.4 Å². The summed E-state index contributed by atoms with van der Waals surface area (Å²) in [6, 6.07) is 8.91. The van der Waals surface area contributed by atoms with E-state index in [9.17, 15) is 14.7 Å². The van der Waals surface area contributed by atoms with Gasteiger partial charge in [0, 0.05) is 0 Å². The number of aliphatic hydroxyl groups is 1. The van der Waals surface area contributed by atoms with Crippen molar-refractivity contribution in [1.82, 2.24) is 4.90 Å². The molecule has 2 aliphatic heterocycles. The van der Waals surface area contributed by atoms with Crippen LogP contribution in [0.1, 0.15) is 55.4 Å². The summed E-state index contributed by atoms with van der Waals surface area (Å²) in [7, 11) is -2.56. The molecule has 2 saturated heterocycles. The largest absolute Gasteiger partial charge is 0.437 e. The Morgan fingerprint density at radius 3 is 2.20 bits per heavy atom. The maximum absolute atomic E-state index is 14.2. The van der Waals surface area contributed by atoms with Gasteiger partial charge in [-0.2, -0.15) is 0 Å². The third-order valence-corrected chi connectivity index (χ3v) is 12.8. The van der Waals surface area contributed by atoms with E-state index in [2.05, 4.69) is 20.8 Å². The number of nitrogens with zero attached hydrogens (tertiary/aromatic N) is 1. The number of rotatable bonds is 8. The average Bonchev–Trinajstić information content (AvgIpc) is 3.06. The molecule has 1 aromatic carbocycles. The second kappa shape index (κ2) is 9.06. The van der Waals surface area contributed by atoms with Crippen LogP contribution in [0.3, 0.4) is 0 Å². The van der Waals surface area contributed by atoms with Crippen LogP contribution in [0.5, 0.6) is 5.75 Å². The van der Waals surface area contributed by atoms with Gasteiger partial charge in [-0.05, 0) is 57.0 Å². The Morgan fingerprint density at radius 1 is 1.11 bits per heavy atom. The Morgan fingerprint density at radius 2 is 1.69 bits per heavy atom. The van der Waals surface area contributed by atoms with Gasteiger partial charge < -0.3 is 19.2 Å². The van der Waals surface area contributed by atoms with Gasteiger partial charge in [0.1, 0.15) is 10.9 Å². The fourth-order valence-electron chi connectivity index (χ4n) is 4.55. The molecule has 8 nitrogen and oxygen atoms in total. The van der Waals surface area contributed by atoms with E-state index >= 15 is 0 Å². The molecule has 2 fully saturated rings. The van der Waals surface area contributed by atoms with Crippen molar-refractivity contribution >= 4 is 32.2 Å². The highest BCUT2D eigenvalue weighted by atomic mass is 32.2. The second-order valence-electron chi connectivity index (χ2n) is 11.9. The quantitative estimate of drug-likeness (QED) is 0.172. The third-order valence-electron chi connectivity index (χ3n) is 7.49. The van der Waals surface area contributed by atoms with Crippen molar-refractivity contribution in [3.8, 4) is 5.75 Å². The fraction of sp³-hybridized carbons (Fsp3) is 0.680. The number of esters is 1. The normalized spacial score (nSPS) is 29.4. The molecule has 2 aliphatic rings. The van der Waals surface area contributed by atoms with Gasteiger partial charge in [-0.1, -0.05) is 52.8 Å². The molecule has 0 aromatic heterocycles. The van der Waals surface area contributed by atoms with Crippen molar-refractivity contribution in [3.05, 3.63) is 30.3 Å². The molecule has 10 heteroatoms. The molecule has 0 unspecified atom stereocenters. The van der Waals surface area contributed by atoms with E-state index in [-0.39, 0.29) is 11.0 Å². The van der Waals surface area contributed by atoms with Crippen molar-refractivity contribution in [1.29, 1.82) is 0 Å². The van der Waals surface area contributed by atoms with Gasteiger partial charge in [-0.25, -0.2) is 4.79 Å². The van der Waals surface area contributed by atoms with Crippen molar-refractivity contribution in [2.24, 2.45) is 5.92 Å². The van der Waals surface area contributed by atoms with Crippen LogP contribution in [0.15, 0.2) is 30.3 Å². The zero-order valence-electron chi connectivity index (χ0n) is 22.4. The van der Waals surface area contributed by atoms with Crippen LogP contribution >= 0.6 is 12.0 Å². The zero-order valence-corrected chi connectivity index (χ0v) is 24.2. The number of amides is 1. The lowest BCUT2D eigenvalue weighted by molar-refractivity contribution is -0.157. The molecule has 4 atom stereocenters. The first kappa shape index (κ1) is 28.0. The highest BCUT2D eigenvalue weighted by molar-refractivity contribution is 7.96. The minimum absolute atomic E-state index is 0.224. The van der Waals surface area contributed by atoms with Gasteiger partial charge in [0.2, 0.25) is 5.91 Å². The number of aliphatic hydroxyl groups excluding tert-OH is 1. The first-order chi connectivity index (χ1) is 15.9. The summed E-state index contributed by atoms with van der Waals surface area (Å²) in [4.78, 5) is 34.7. The van der Waals surface area contributed by atoms with Crippen LogP contribution in [-0.2, 0) is 23.1 Å². The molecular formula is C25H39NO7SSi. The summed E-state index contributed by atoms with van der Waals surface area (Å²) in [6.45, 7) is 18.9. The number of benzene rings is 1. The molecule has 1 aromatic rings. The lowest BCUT2D eigenvalue weighted by Gasteiger charge is -2.46. The Labute approximate surface area is 213 Å². The molecule has 0 radical (unpaired) electrons. The SMILES string of the molecule is CC(C)[C@@H](O)[C@]12C(=O)OC(C)(C)N1C(=O)[C@@](C)(SOOc1ccccc1)[C@@H]2O[Si](C)(C)C(C)(C)C. The Hall–Kier alpha value is -1.59. The number of hydrogen-bond donors (Lipinski definition) is 1. The number of para-hydroxylation sites is 1. The number of carbonyl (C=O) groups is 2. The first-order valence-electron chi connectivity index (χ1n) is 11.9. The minimum atomic E-state index is -2.56. The third kappa shape index (κ3) is 4.41. The van der Waals surface area contributed by atoms with Crippen molar-refractivity contribution in [2.45, 2.75) is 102 Å². The molecule has 35 heavy (non-hydrogen) atoms. The van der Waals surface area contributed by atoms with Crippen molar-refractivity contribution in [2.75, 3.05) is 0 Å². The lowest BCUT2D eigenvalue weighted by atomic mass is 9.79. The number of carbonyl (C=O) groups excluding carboxylic acids is 2. The number of fused-ring (bicyclic) bond motifs is 1. The smallest absolute Gasteiger partial charge is 0.339 e. The van der Waals surface area contributed by atoms with Crippen LogP contribution in [0.25, 0.3) is 0 Å². The summed E-state index contributed by atoms with van der Waals surface area (Å²) in [5.74, 6) is -0.980. The Bertz CT molecular complexity index is 964. The maximum atomic E-state index is 14.2. The van der Waals surface area contributed by atoms with Gasteiger partial charge in [0.15, 0.2) is 25.3 Å². The predicted molar refractivity (Wildman–Crippen MR) is 137 cm³/mol. The summed E-state index contributed by atoms with van der Waals surface area (Å²) in [6.07, 6.45) is -2.28. The van der Waals surface area contributed by atoms with E-state index in [1.54, 1.807) is 45.0 Å². The Balaban J connectivity index is 2.14. The molecule has 0 saturated carbocycles. The van der Waals surface area contributed by atoms with Gasteiger partial charge in [0.25, 0.3) is 0 Å². The molecule has 0 spiro atoms. The van der Waals surface area contributed by atoms with Crippen molar-refractivity contribution in [3.63, 3.8) is 0 Å². The lowest BCUT2D eigenvalue weighted by Crippen LogP contribution is -2.67. The minimum Gasteiger partial charge on any atom is -0.437 e. The average molecular weight is 526 g/mol. The molecule has 2 heterocycles. The monoisotopic (exact) mass is 525 g/mol. The topological polar surface area (TPSA) is 94.5 Å². The molecule has 3 rings (SSSR count). The van der Waals surface area contributed by atoms with Crippen LogP contribution < -0.4 is 4.89 Å². The summed E-state index contributed by atoms with van der Waals surface area (Å²) < 4.78 is 16.7. The van der Waals surface area contributed by atoms with Gasteiger partial charge >= 0.3 is 5.97 Å². The maximum Gasteiger partial charge on any atom is 0.339 e. The highest BCUT2D eigenvalue weighted by Crippen LogP contribution is 2.58. The summed E-state index contributed by atoms with van der Waals surface area (Å²) >= 11 is 0.801. The van der Waals surface area contributed by atoms with Crippen molar-refractivity contribution < 1.29 is 33.1 Å². The van der Waals surface area contributed by atoms with E-state index in [1.807, 2.05) is 33.0 Å². The van der Waals surface area contributed by atoms with E-state index in [0.29, 0.717) is 5.75 Å². The fourth-order valence-corrected chi connectivity index (χ4v) is 6.73. The van der Waals surface area contributed by atoms with Crippen LogP contribution in [-0.4, -0.2) is 58.4 Å². The van der Waals surface area contributed by atoms with Gasteiger partial charge in [-0.3, -0.25) is 9.69 Å². The van der Waals surface area contributed by atoms with Crippen LogP contribution in [0.4, 0.5) is 0 Å². The molecule has 1 N–H and O–H groups in total. The standard InChI is InChI=1S/C25H39NO7SSi/c1-16(2)18(27)25-19(32-35(9,10)22(3,4)5)24(8,34-33-31-17-14-12-11-13-15-17)20(28)26(25)23(6,7)30-21(25)29/h11-16,18-19,27H,1-10H3/t18-,19+,24+,25+/m1/s1. The number of hydrogen-bond acceptors (Lipinski definition) is 8. The molecule has 0 aliphatic carbocycles. The Kier molecular flexibility index (Phi) is 7.24.